The summed E-state index contributed by atoms with van der Waals surface area (Å²) < 4.78 is 5.15. The number of non-ortho nitro benzene ring substituents is 1. The molecule has 1 unspecified atom stereocenters. The van der Waals surface area contributed by atoms with Gasteiger partial charge in [-0.15, -0.1) is 0 Å². The summed E-state index contributed by atoms with van der Waals surface area (Å²) in [5.74, 6) is 0.526. The number of nitriles is 1. The van der Waals surface area contributed by atoms with Gasteiger partial charge in [0.25, 0.3) is 5.69 Å². The van der Waals surface area contributed by atoms with E-state index in [1.165, 1.54) is 24.3 Å². The lowest BCUT2D eigenvalue weighted by Gasteiger charge is -2.34. The first-order valence-corrected chi connectivity index (χ1v) is 9.68. The van der Waals surface area contributed by atoms with Gasteiger partial charge in [0, 0.05) is 24.2 Å². The molecule has 0 radical (unpaired) electrons. The quantitative estimate of drug-likeness (QED) is 0.426. The van der Waals surface area contributed by atoms with Crippen LogP contribution in [0.3, 0.4) is 0 Å². The zero-order valence-electron chi connectivity index (χ0n) is 16.1. The molecule has 1 atom stereocenters. The average molecular weight is 422 g/mol. The van der Waals surface area contributed by atoms with E-state index >= 15 is 0 Å². The Labute approximate surface area is 177 Å². The summed E-state index contributed by atoms with van der Waals surface area (Å²) in [4.78, 5) is 24.9. The fraction of sp³-hybridized carbons (Fsp3) is 0.143. The maximum absolute atomic E-state index is 13.0. The maximum atomic E-state index is 13.0. The first-order chi connectivity index (χ1) is 14.3. The fourth-order valence-electron chi connectivity index (χ4n) is 2.96. The summed E-state index contributed by atoms with van der Waals surface area (Å²) in [6, 6.07) is 14.7. The predicted octanol–water partition coefficient (Wildman–Crippen LogP) is 3.57. The normalized spacial score (nSPS) is 16.2. The number of rotatable bonds is 6. The number of ketones is 1. The highest BCUT2D eigenvalue weighted by Crippen LogP contribution is 2.39. The number of hydrogen-bond donors (Lipinski definition) is 1. The van der Waals surface area contributed by atoms with E-state index < -0.39 is 10.2 Å². The highest BCUT2D eigenvalue weighted by atomic mass is 32.2. The molecule has 3 rings (SSSR count). The van der Waals surface area contributed by atoms with Crippen molar-refractivity contribution in [1.29, 1.82) is 5.26 Å². The van der Waals surface area contributed by atoms with Gasteiger partial charge in [-0.1, -0.05) is 30.5 Å². The Bertz CT molecular complexity index is 1070. The maximum Gasteiger partial charge on any atom is 0.269 e. The standard InChI is InChI=1S/C21H18N4O4S/c1-13-24(12-14-3-9-17(29-2)10-4-14)21(23)18(11-22)20(30-13)19(26)15-5-7-16(8-6-15)25(27)28/h3-10,20H,1,12,23H2,2H3. The van der Waals surface area contributed by atoms with Crippen molar-refractivity contribution in [2.45, 2.75) is 11.8 Å². The molecule has 0 aromatic heterocycles. The minimum Gasteiger partial charge on any atom is -0.497 e. The van der Waals surface area contributed by atoms with Crippen molar-refractivity contribution in [2.75, 3.05) is 7.11 Å². The minimum atomic E-state index is -0.865. The number of methoxy groups -OCH3 is 1. The topological polar surface area (TPSA) is 122 Å². The van der Waals surface area contributed by atoms with Crippen molar-refractivity contribution in [3.63, 3.8) is 0 Å². The molecule has 0 bridgehead atoms. The lowest BCUT2D eigenvalue weighted by atomic mass is 10.0. The molecule has 0 aliphatic carbocycles. The number of hydrogen-bond acceptors (Lipinski definition) is 8. The Hall–Kier alpha value is -3.77. The summed E-state index contributed by atoms with van der Waals surface area (Å²) >= 11 is 1.13. The van der Waals surface area contributed by atoms with Gasteiger partial charge < -0.3 is 15.4 Å². The molecule has 152 valence electrons. The lowest BCUT2D eigenvalue weighted by molar-refractivity contribution is -0.384. The number of benzene rings is 2. The van der Waals surface area contributed by atoms with Crippen LogP contribution in [0.5, 0.6) is 5.75 Å². The number of carbonyl (C=O) groups excluding carboxylic acids is 1. The molecule has 8 nitrogen and oxygen atoms in total. The number of nitrogens with zero attached hydrogens (tertiary/aromatic N) is 3. The van der Waals surface area contributed by atoms with E-state index in [-0.39, 0.29) is 28.4 Å². The van der Waals surface area contributed by atoms with Crippen molar-refractivity contribution >= 4 is 23.2 Å². The molecule has 0 spiro atoms. The van der Waals surface area contributed by atoms with E-state index in [4.69, 9.17) is 10.5 Å². The van der Waals surface area contributed by atoms with Crippen LogP contribution >= 0.6 is 11.8 Å². The molecule has 0 saturated heterocycles. The molecule has 30 heavy (non-hydrogen) atoms. The van der Waals surface area contributed by atoms with Crippen molar-refractivity contribution < 1.29 is 14.5 Å². The van der Waals surface area contributed by atoms with Crippen LogP contribution in [0.2, 0.25) is 0 Å². The first kappa shape index (κ1) is 21.0. The number of nitro groups is 1. The molecule has 2 aromatic rings. The van der Waals surface area contributed by atoms with Gasteiger partial charge in [-0.05, 0) is 29.8 Å². The monoisotopic (exact) mass is 422 g/mol. The molecule has 1 aliphatic heterocycles. The number of carbonyl (C=O) groups is 1. The van der Waals surface area contributed by atoms with E-state index in [9.17, 15) is 20.2 Å². The molecule has 2 aromatic carbocycles. The molecule has 0 saturated carbocycles. The van der Waals surface area contributed by atoms with Crippen LogP contribution < -0.4 is 10.5 Å². The molecular formula is C21H18N4O4S. The van der Waals surface area contributed by atoms with Gasteiger partial charge in [0.2, 0.25) is 0 Å². The van der Waals surface area contributed by atoms with E-state index in [1.54, 1.807) is 12.0 Å². The number of nitrogens with two attached hydrogens (primary N) is 1. The third-order valence-corrected chi connectivity index (χ3v) is 5.78. The van der Waals surface area contributed by atoms with E-state index in [2.05, 4.69) is 6.58 Å². The number of thioether (sulfide) groups is 1. The van der Waals surface area contributed by atoms with Crippen molar-refractivity contribution in [2.24, 2.45) is 5.73 Å². The Morgan fingerprint density at radius 2 is 1.93 bits per heavy atom. The summed E-state index contributed by atoms with van der Waals surface area (Å²) in [5.41, 5.74) is 7.44. The van der Waals surface area contributed by atoms with Crippen LogP contribution in [0.25, 0.3) is 0 Å². The van der Waals surface area contributed by atoms with Crippen LogP contribution in [0.15, 0.2) is 71.5 Å². The second kappa shape index (κ2) is 8.71. The van der Waals surface area contributed by atoms with Gasteiger partial charge in [0.15, 0.2) is 5.78 Å². The Morgan fingerprint density at radius 3 is 2.47 bits per heavy atom. The minimum absolute atomic E-state index is 0.117. The predicted molar refractivity (Wildman–Crippen MR) is 113 cm³/mol. The van der Waals surface area contributed by atoms with Crippen LogP contribution in [0.4, 0.5) is 5.69 Å². The fourth-order valence-corrected chi connectivity index (χ4v) is 4.06. The van der Waals surface area contributed by atoms with Gasteiger partial charge in [0.05, 0.1) is 22.6 Å². The Kier molecular flexibility index (Phi) is 6.09. The van der Waals surface area contributed by atoms with E-state index in [0.717, 1.165) is 23.1 Å². The summed E-state index contributed by atoms with van der Waals surface area (Å²) in [6.45, 7) is 4.39. The van der Waals surface area contributed by atoms with Gasteiger partial charge in [-0.2, -0.15) is 5.26 Å². The molecule has 9 heteroatoms. The third-order valence-electron chi connectivity index (χ3n) is 4.60. The van der Waals surface area contributed by atoms with Crippen LogP contribution in [0.1, 0.15) is 15.9 Å². The summed E-state index contributed by atoms with van der Waals surface area (Å²) in [7, 11) is 1.58. The van der Waals surface area contributed by atoms with Crippen molar-refractivity contribution in [1.82, 2.24) is 4.90 Å². The summed E-state index contributed by atoms with van der Waals surface area (Å²) in [6.07, 6.45) is 0. The van der Waals surface area contributed by atoms with Gasteiger partial charge in [-0.3, -0.25) is 14.9 Å². The lowest BCUT2D eigenvalue weighted by Crippen LogP contribution is -2.36. The SMILES string of the molecule is C=C1SC(C(=O)c2ccc([N+](=O)[O-])cc2)C(C#N)=C(N)N1Cc1ccc(OC)cc1. The molecule has 0 fully saturated rings. The Morgan fingerprint density at radius 1 is 1.30 bits per heavy atom. The zero-order chi connectivity index (χ0) is 21.8. The van der Waals surface area contributed by atoms with Crippen LogP contribution in [-0.4, -0.2) is 28.0 Å². The largest absolute Gasteiger partial charge is 0.497 e. The Balaban J connectivity index is 1.87. The second-order valence-electron chi connectivity index (χ2n) is 6.40. The molecule has 2 N–H and O–H groups in total. The van der Waals surface area contributed by atoms with Gasteiger partial charge in [0.1, 0.15) is 22.9 Å². The number of ether oxygens (including phenoxy) is 1. The first-order valence-electron chi connectivity index (χ1n) is 8.80. The van der Waals surface area contributed by atoms with Crippen molar-refractivity contribution in [3.8, 4) is 11.8 Å². The summed E-state index contributed by atoms with van der Waals surface area (Å²) in [5, 5.41) is 20.1. The van der Waals surface area contributed by atoms with E-state index in [1.807, 2.05) is 30.3 Å². The average Bonchev–Trinajstić information content (AvgIpc) is 2.76. The van der Waals surface area contributed by atoms with Gasteiger partial charge >= 0.3 is 0 Å². The smallest absolute Gasteiger partial charge is 0.269 e. The van der Waals surface area contributed by atoms with Crippen LogP contribution in [0, 0.1) is 21.4 Å². The molecule has 1 aliphatic rings. The van der Waals surface area contributed by atoms with Crippen molar-refractivity contribution in [3.05, 3.63) is 92.8 Å². The van der Waals surface area contributed by atoms with Crippen LogP contribution in [-0.2, 0) is 6.54 Å². The van der Waals surface area contributed by atoms with Gasteiger partial charge in [-0.25, -0.2) is 0 Å². The number of Topliss-reactive ketones (excluding diaryl/α,β-unsaturated/α-hetero) is 1. The highest BCUT2D eigenvalue weighted by molar-refractivity contribution is 8.04. The molecular weight excluding hydrogens is 404 g/mol. The zero-order valence-corrected chi connectivity index (χ0v) is 16.9. The second-order valence-corrected chi connectivity index (χ2v) is 7.58. The molecule has 0 amide bonds. The van der Waals surface area contributed by atoms with E-state index in [0.29, 0.717) is 11.6 Å². The number of nitro benzene ring substituents is 1. The highest BCUT2D eigenvalue weighted by Gasteiger charge is 2.35. The third kappa shape index (κ3) is 4.14. The molecule has 1 heterocycles.